The van der Waals surface area contributed by atoms with Gasteiger partial charge in [-0.2, -0.15) is 10.1 Å². The smallest absolute Gasteiger partial charge is 0.225 e. The summed E-state index contributed by atoms with van der Waals surface area (Å²) in [6, 6.07) is 12.1. The Hall–Kier alpha value is -3.10. The van der Waals surface area contributed by atoms with Crippen LogP contribution in [-0.4, -0.2) is 51.3 Å². The molecule has 31 heavy (non-hydrogen) atoms. The van der Waals surface area contributed by atoms with E-state index in [2.05, 4.69) is 42.6 Å². The number of H-pyrrole nitrogens is 1. The van der Waals surface area contributed by atoms with Crippen molar-refractivity contribution in [2.75, 3.05) is 36.5 Å². The van der Waals surface area contributed by atoms with Crippen LogP contribution in [0.25, 0.3) is 22.3 Å². The fraction of sp³-hybridized carbons (Fsp3) is 0.318. The number of rotatable bonds is 4. The highest BCUT2D eigenvalue weighted by molar-refractivity contribution is 6.38. The molecule has 1 saturated heterocycles. The van der Waals surface area contributed by atoms with E-state index in [1.807, 2.05) is 45.2 Å². The van der Waals surface area contributed by atoms with Gasteiger partial charge in [0.2, 0.25) is 5.95 Å². The molecule has 0 atom stereocenters. The Bertz CT molecular complexity index is 1160. The van der Waals surface area contributed by atoms with Gasteiger partial charge in [0.05, 0.1) is 35.6 Å². The number of benzene rings is 2. The maximum absolute atomic E-state index is 6.52. The number of nitrogens with zero attached hydrogens (tertiary/aromatic N) is 5. The van der Waals surface area contributed by atoms with Crippen molar-refractivity contribution in [1.82, 2.24) is 25.0 Å². The SMILES string of the molecule is CC.Cn1nc(-c2cccc(N3CCOCC3)c2)nc1Nc1ccc2[nH]ncc2c1Cl. The predicted molar refractivity (Wildman–Crippen MR) is 125 cm³/mol. The fourth-order valence-corrected chi connectivity index (χ4v) is 3.74. The van der Waals surface area contributed by atoms with Gasteiger partial charge in [-0.25, -0.2) is 4.68 Å². The Kier molecular flexibility index (Phi) is 6.39. The molecule has 2 aromatic heterocycles. The number of anilines is 3. The van der Waals surface area contributed by atoms with Crippen LogP contribution in [0, 0.1) is 0 Å². The highest BCUT2D eigenvalue weighted by atomic mass is 35.5. The third kappa shape index (κ3) is 4.35. The Morgan fingerprint density at radius 3 is 2.74 bits per heavy atom. The second-order valence-electron chi connectivity index (χ2n) is 6.92. The van der Waals surface area contributed by atoms with Crippen molar-refractivity contribution in [3.63, 3.8) is 0 Å². The summed E-state index contributed by atoms with van der Waals surface area (Å²) in [7, 11) is 1.86. The normalized spacial score (nSPS) is 13.7. The molecule has 3 heterocycles. The van der Waals surface area contributed by atoms with Gasteiger partial charge in [-0.15, -0.1) is 5.10 Å². The zero-order chi connectivity index (χ0) is 21.8. The molecule has 2 aromatic carbocycles. The number of ether oxygens (including phenoxy) is 1. The lowest BCUT2D eigenvalue weighted by Gasteiger charge is -2.29. The minimum absolute atomic E-state index is 0.593. The number of fused-ring (bicyclic) bond motifs is 1. The molecular formula is C22H26ClN7O. The summed E-state index contributed by atoms with van der Waals surface area (Å²) < 4.78 is 7.16. The average Bonchev–Trinajstić information content (AvgIpc) is 3.45. The molecule has 0 radical (unpaired) electrons. The minimum Gasteiger partial charge on any atom is -0.378 e. The van der Waals surface area contributed by atoms with Gasteiger partial charge in [0.25, 0.3) is 0 Å². The van der Waals surface area contributed by atoms with Gasteiger partial charge in [-0.3, -0.25) is 5.10 Å². The van der Waals surface area contributed by atoms with E-state index in [0.717, 1.165) is 54.1 Å². The Balaban J connectivity index is 0.00000112. The minimum atomic E-state index is 0.593. The van der Waals surface area contributed by atoms with Gasteiger partial charge in [-0.05, 0) is 24.3 Å². The van der Waals surface area contributed by atoms with E-state index in [0.29, 0.717) is 16.8 Å². The zero-order valence-electron chi connectivity index (χ0n) is 17.9. The molecule has 0 bridgehead atoms. The lowest BCUT2D eigenvalue weighted by Crippen LogP contribution is -2.36. The monoisotopic (exact) mass is 439 g/mol. The van der Waals surface area contributed by atoms with Crippen LogP contribution in [0.2, 0.25) is 5.02 Å². The molecule has 8 nitrogen and oxygen atoms in total. The van der Waals surface area contributed by atoms with Crippen LogP contribution in [0.1, 0.15) is 13.8 Å². The van der Waals surface area contributed by atoms with Crippen LogP contribution in [0.3, 0.4) is 0 Å². The van der Waals surface area contributed by atoms with E-state index in [1.165, 1.54) is 0 Å². The summed E-state index contributed by atoms with van der Waals surface area (Å²) in [5.74, 6) is 1.27. The second-order valence-corrected chi connectivity index (χ2v) is 7.29. The molecule has 0 unspecified atom stereocenters. The molecule has 0 saturated carbocycles. The standard InChI is InChI=1S/C20H20ClN7O.C2H6/c1-27-20(23-17-6-5-16-15(18(17)21)12-22-25-16)24-19(26-27)13-3-2-4-14(11-13)28-7-9-29-10-8-28;1-2/h2-6,11-12H,7-10H2,1H3,(H,22,25)(H,23,24,26);1-2H3. The highest BCUT2D eigenvalue weighted by Crippen LogP contribution is 2.32. The van der Waals surface area contributed by atoms with Crippen LogP contribution in [0.15, 0.2) is 42.6 Å². The molecule has 0 aliphatic carbocycles. The maximum Gasteiger partial charge on any atom is 0.225 e. The molecule has 5 rings (SSSR count). The van der Waals surface area contributed by atoms with Crippen LogP contribution >= 0.6 is 11.6 Å². The summed E-state index contributed by atoms with van der Waals surface area (Å²) in [4.78, 5) is 7.00. The maximum atomic E-state index is 6.52. The first kappa shape index (κ1) is 21.1. The van der Waals surface area contributed by atoms with E-state index in [-0.39, 0.29) is 0 Å². The van der Waals surface area contributed by atoms with E-state index in [9.17, 15) is 0 Å². The van der Waals surface area contributed by atoms with Crippen molar-refractivity contribution in [2.45, 2.75) is 13.8 Å². The van der Waals surface area contributed by atoms with Crippen molar-refractivity contribution in [2.24, 2.45) is 7.05 Å². The first-order chi connectivity index (χ1) is 15.2. The molecule has 4 aromatic rings. The van der Waals surface area contributed by atoms with Gasteiger partial charge < -0.3 is 15.0 Å². The van der Waals surface area contributed by atoms with Gasteiger partial charge in [0.1, 0.15) is 0 Å². The zero-order valence-corrected chi connectivity index (χ0v) is 18.6. The number of morpholine rings is 1. The quantitative estimate of drug-likeness (QED) is 0.482. The Morgan fingerprint density at radius 1 is 1.13 bits per heavy atom. The molecule has 9 heteroatoms. The van der Waals surface area contributed by atoms with E-state index in [4.69, 9.17) is 16.3 Å². The number of halogens is 1. The van der Waals surface area contributed by atoms with E-state index in [1.54, 1.807) is 10.9 Å². The Labute approximate surface area is 186 Å². The molecule has 0 amide bonds. The largest absolute Gasteiger partial charge is 0.378 e. The van der Waals surface area contributed by atoms with E-state index >= 15 is 0 Å². The molecular weight excluding hydrogens is 414 g/mol. The predicted octanol–water partition coefficient (Wildman–Crippen LogP) is 4.62. The summed E-state index contributed by atoms with van der Waals surface area (Å²) in [6.45, 7) is 7.28. The molecule has 1 fully saturated rings. The average molecular weight is 440 g/mol. The van der Waals surface area contributed by atoms with Crippen molar-refractivity contribution < 1.29 is 4.74 Å². The van der Waals surface area contributed by atoms with Gasteiger partial charge in [0, 0.05) is 36.8 Å². The number of nitrogens with one attached hydrogen (secondary N) is 2. The van der Waals surface area contributed by atoms with Crippen molar-refractivity contribution in [1.29, 1.82) is 0 Å². The molecule has 1 aliphatic rings. The number of aryl methyl sites for hydroxylation is 1. The number of aromatic amines is 1. The highest BCUT2D eigenvalue weighted by Gasteiger charge is 2.15. The summed E-state index contributed by atoms with van der Waals surface area (Å²) >= 11 is 6.52. The molecule has 2 N–H and O–H groups in total. The first-order valence-electron chi connectivity index (χ1n) is 10.4. The number of aromatic nitrogens is 5. The van der Waals surface area contributed by atoms with Gasteiger partial charge in [0.15, 0.2) is 5.82 Å². The first-order valence-corrected chi connectivity index (χ1v) is 10.8. The summed E-state index contributed by atoms with van der Waals surface area (Å²) in [6.07, 6.45) is 1.71. The summed E-state index contributed by atoms with van der Waals surface area (Å²) in [5.41, 5.74) is 3.76. The van der Waals surface area contributed by atoms with Crippen molar-refractivity contribution in [3.8, 4) is 11.4 Å². The van der Waals surface area contributed by atoms with E-state index < -0.39 is 0 Å². The molecule has 1 aliphatic heterocycles. The topological polar surface area (TPSA) is 83.9 Å². The fourth-order valence-electron chi connectivity index (χ4n) is 3.48. The summed E-state index contributed by atoms with van der Waals surface area (Å²) in [5, 5.41) is 16.3. The van der Waals surface area contributed by atoms with Crippen molar-refractivity contribution >= 4 is 39.8 Å². The van der Waals surface area contributed by atoms with Crippen LogP contribution in [-0.2, 0) is 11.8 Å². The number of hydrogen-bond donors (Lipinski definition) is 2. The van der Waals surface area contributed by atoms with Crippen LogP contribution in [0.4, 0.5) is 17.3 Å². The van der Waals surface area contributed by atoms with Crippen LogP contribution in [0.5, 0.6) is 0 Å². The Morgan fingerprint density at radius 2 is 1.94 bits per heavy atom. The lowest BCUT2D eigenvalue weighted by atomic mass is 10.1. The second kappa shape index (κ2) is 9.36. The third-order valence-electron chi connectivity index (χ3n) is 5.05. The van der Waals surface area contributed by atoms with Gasteiger partial charge in [-0.1, -0.05) is 37.6 Å². The molecule has 162 valence electrons. The molecule has 0 spiro atoms. The van der Waals surface area contributed by atoms with Gasteiger partial charge >= 0.3 is 0 Å². The van der Waals surface area contributed by atoms with Crippen LogP contribution < -0.4 is 10.2 Å². The lowest BCUT2D eigenvalue weighted by molar-refractivity contribution is 0.122. The van der Waals surface area contributed by atoms with Crippen molar-refractivity contribution in [3.05, 3.63) is 47.6 Å². The third-order valence-corrected chi connectivity index (χ3v) is 5.46. The number of hydrogen-bond acceptors (Lipinski definition) is 6.